The topological polar surface area (TPSA) is 71.0 Å². The monoisotopic (exact) mass is 367 g/mol. The predicted octanol–water partition coefficient (Wildman–Crippen LogP) is 3.89. The zero-order valence-corrected chi connectivity index (χ0v) is 15.5. The minimum Gasteiger partial charge on any atom is -0.348 e. The maximum atomic E-state index is 13.0. The van der Waals surface area contributed by atoms with Crippen molar-refractivity contribution in [1.82, 2.24) is 19.9 Å². The Balaban J connectivity index is 1.65. The number of amides is 1. The summed E-state index contributed by atoms with van der Waals surface area (Å²) in [6.45, 7) is 3.65. The molecule has 6 nitrogen and oxygen atoms in total. The SMILES string of the molecule is CC(Nc1nc(C(=O)N2CCCCC2)c2sccc2n1)c1cccnc1. The number of likely N-dealkylation sites (tertiary alicyclic amines) is 1. The van der Waals surface area contributed by atoms with E-state index in [1.54, 1.807) is 6.20 Å². The summed E-state index contributed by atoms with van der Waals surface area (Å²) < 4.78 is 0.861. The molecule has 4 rings (SSSR count). The summed E-state index contributed by atoms with van der Waals surface area (Å²) in [6, 6.07) is 5.85. The third-order valence-corrected chi connectivity index (χ3v) is 5.59. The van der Waals surface area contributed by atoms with Crippen LogP contribution in [0.5, 0.6) is 0 Å². The molecule has 1 N–H and O–H groups in total. The Morgan fingerprint density at radius 2 is 2.08 bits per heavy atom. The lowest BCUT2D eigenvalue weighted by Crippen LogP contribution is -2.36. The summed E-state index contributed by atoms with van der Waals surface area (Å²) in [5, 5.41) is 5.27. The summed E-state index contributed by atoms with van der Waals surface area (Å²) in [5.41, 5.74) is 2.37. The van der Waals surface area contributed by atoms with Crippen molar-refractivity contribution in [2.24, 2.45) is 0 Å². The average Bonchev–Trinajstić information content (AvgIpc) is 3.16. The Morgan fingerprint density at radius 3 is 2.85 bits per heavy atom. The minimum atomic E-state index is -0.00211. The van der Waals surface area contributed by atoms with Crippen molar-refractivity contribution < 1.29 is 4.79 Å². The highest BCUT2D eigenvalue weighted by Gasteiger charge is 2.23. The number of piperidine rings is 1. The second kappa shape index (κ2) is 7.37. The lowest BCUT2D eigenvalue weighted by molar-refractivity contribution is 0.0721. The second-order valence-electron chi connectivity index (χ2n) is 6.54. The lowest BCUT2D eigenvalue weighted by Gasteiger charge is -2.26. The maximum Gasteiger partial charge on any atom is 0.274 e. The molecule has 0 bridgehead atoms. The van der Waals surface area contributed by atoms with E-state index in [-0.39, 0.29) is 11.9 Å². The normalized spacial score (nSPS) is 15.8. The molecule has 26 heavy (non-hydrogen) atoms. The van der Waals surface area contributed by atoms with E-state index in [4.69, 9.17) is 0 Å². The molecular formula is C19H21N5OS. The molecular weight excluding hydrogens is 346 g/mol. The number of carbonyl (C=O) groups is 1. The van der Waals surface area contributed by atoms with Crippen LogP contribution in [-0.2, 0) is 0 Å². The van der Waals surface area contributed by atoms with Gasteiger partial charge in [0.05, 0.1) is 16.3 Å². The van der Waals surface area contributed by atoms with E-state index in [1.807, 2.05) is 41.6 Å². The first-order valence-corrected chi connectivity index (χ1v) is 9.81. The van der Waals surface area contributed by atoms with E-state index in [2.05, 4.69) is 20.3 Å². The van der Waals surface area contributed by atoms with Crippen LogP contribution >= 0.6 is 11.3 Å². The molecule has 4 heterocycles. The van der Waals surface area contributed by atoms with E-state index in [0.717, 1.165) is 41.7 Å². The number of fused-ring (bicyclic) bond motifs is 1. The van der Waals surface area contributed by atoms with E-state index in [9.17, 15) is 4.79 Å². The first-order valence-electron chi connectivity index (χ1n) is 8.93. The summed E-state index contributed by atoms with van der Waals surface area (Å²) in [4.78, 5) is 28.3. The molecule has 1 atom stereocenters. The Bertz CT molecular complexity index is 905. The van der Waals surface area contributed by atoms with Gasteiger partial charge in [0.25, 0.3) is 5.91 Å². The van der Waals surface area contributed by atoms with E-state index in [1.165, 1.54) is 17.8 Å². The largest absolute Gasteiger partial charge is 0.348 e. The van der Waals surface area contributed by atoms with Crippen molar-refractivity contribution in [3.63, 3.8) is 0 Å². The summed E-state index contributed by atoms with van der Waals surface area (Å²) in [5.74, 6) is 0.490. The smallest absolute Gasteiger partial charge is 0.274 e. The van der Waals surface area contributed by atoms with Gasteiger partial charge in [-0.1, -0.05) is 6.07 Å². The van der Waals surface area contributed by atoms with Gasteiger partial charge in [-0.3, -0.25) is 9.78 Å². The summed E-state index contributed by atoms with van der Waals surface area (Å²) in [7, 11) is 0. The molecule has 3 aromatic heterocycles. The standard InChI is InChI=1S/C19H21N5OS/c1-13(14-6-5-8-20-12-14)21-19-22-15-7-11-26-17(15)16(23-19)18(25)24-9-3-2-4-10-24/h5-8,11-13H,2-4,9-10H2,1H3,(H,21,22,23). The van der Waals surface area contributed by atoms with Crippen molar-refractivity contribution in [2.45, 2.75) is 32.2 Å². The van der Waals surface area contributed by atoms with Gasteiger partial charge in [0.1, 0.15) is 0 Å². The Morgan fingerprint density at radius 1 is 1.23 bits per heavy atom. The fourth-order valence-corrected chi connectivity index (χ4v) is 4.04. The molecule has 0 aliphatic carbocycles. The molecule has 1 aliphatic heterocycles. The van der Waals surface area contributed by atoms with Crippen molar-refractivity contribution in [1.29, 1.82) is 0 Å². The quantitative estimate of drug-likeness (QED) is 0.757. The number of thiophene rings is 1. The third kappa shape index (κ3) is 3.39. The number of aromatic nitrogens is 3. The van der Waals surface area contributed by atoms with Gasteiger partial charge in [-0.25, -0.2) is 9.97 Å². The zero-order valence-electron chi connectivity index (χ0n) is 14.7. The van der Waals surface area contributed by atoms with Crippen LogP contribution in [-0.4, -0.2) is 38.8 Å². The number of hydrogen-bond acceptors (Lipinski definition) is 6. The molecule has 1 aliphatic rings. The van der Waals surface area contributed by atoms with Gasteiger partial charge in [-0.05, 0) is 49.3 Å². The van der Waals surface area contributed by atoms with Gasteiger partial charge in [0.15, 0.2) is 5.69 Å². The van der Waals surface area contributed by atoms with E-state index in [0.29, 0.717) is 11.6 Å². The number of nitrogens with zero attached hydrogens (tertiary/aromatic N) is 4. The molecule has 1 amide bonds. The van der Waals surface area contributed by atoms with Gasteiger partial charge in [0.2, 0.25) is 5.95 Å². The molecule has 1 fully saturated rings. The van der Waals surface area contributed by atoms with Crippen LogP contribution in [0.25, 0.3) is 10.2 Å². The number of rotatable bonds is 4. The first-order chi connectivity index (χ1) is 12.7. The number of nitrogens with one attached hydrogen (secondary N) is 1. The Kier molecular flexibility index (Phi) is 4.79. The molecule has 7 heteroatoms. The number of pyridine rings is 1. The highest BCUT2D eigenvalue weighted by molar-refractivity contribution is 7.17. The number of carbonyl (C=O) groups excluding carboxylic acids is 1. The molecule has 0 aromatic carbocycles. The van der Waals surface area contributed by atoms with Gasteiger partial charge in [0, 0.05) is 25.5 Å². The Labute approximate surface area is 156 Å². The molecule has 3 aromatic rings. The first kappa shape index (κ1) is 16.9. The van der Waals surface area contributed by atoms with Crippen LogP contribution < -0.4 is 5.32 Å². The van der Waals surface area contributed by atoms with Crippen molar-refractivity contribution in [3.8, 4) is 0 Å². The molecule has 0 saturated carbocycles. The van der Waals surface area contributed by atoms with E-state index >= 15 is 0 Å². The van der Waals surface area contributed by atoms with Crippen LogP contribution in [0.1, 0.15) is 48.3 Å². The molecule has 0 radical (unpaired) electrons. The maximum absolute atomic E-state index is 13.0. The predicted molar refractivity (Wildman–Crippen MR) is 103 cm³/mol. The Hall–Kier alpha value is -2.54. The van der Waals surface area contributed by atoms with Gasteiger partial charge in [-0.15, -0.1) is 11.3 Å². The fraction of sp³-hybridized carbons (Fsp3) is 0.368. The van der Waals surface area contributed by atoms with Crippen molar-refractivity contribution in [2.75, 3.05) is 18.4 Å². The average molecular weight is 367 g/mol. The highest BCUT2D eigenvalue weighted by Crippen LogP contribution is 2.27. The second-order valence-corrected chi connectivity index (χ2v) is 7.45. The van der Waals surface area contributed by atoms with Crippen LogP contribution in [0.3, 0.4) is 0 Å². The summed E-state index contributed by atoms with van der Waals surface area (Å²) >= 11 is 1.52. The molecule has 1 unspecified atom stereocenters. The van der Waals surface area contributed by atoms with Crippen LogP contribution in [0, 0.1) is 0 Å². The molecule has 134 valence electrons. The lowest BCUT2D eigenvalue weighted by atomic mass is 10.1. The van der Waals surface area contributed by atoms with Crippen LogP contribution in [0.15, 0.2) is 36.0 Å². The van der Waals surface area contributed by atoms with Crippen LogP contribution in [0.4, 0.5) is 5.95 Å². The highest BCUT2D eigenvalue weighted by atomic mass is 32.1. The number of hydrogen-bond donors (Lipinski definition) is 1. The van der Waals surface area contributed by atoms with Gasteiger partial charge in [-0.2, -0.15) is 0 Å². The fourth-order valence-electron chi connectivity index (χ4n) is 3.23. The zero-order chi connectivity index (χ0) is 17.9. The van der Waals surface area contributed by atoms with Crippen molar-refractivity contribution in [3.05, 3.63) is 47.2 Å². The molecule has 1 saturated heterocycles. The third-order valence-electron chi connectivity index (χ3n) is 4.68. The van der Waals surface area contributed by atoms with Gasteiger partial charge >= 0.3 is 0 Å². The van der Waals surface area contributed by atoms with Crippen LogP contribution in [0.2, 0.25) is 0 Å². The van der Waals surface area contributed by atoms with Gasteiger partial charge < -0.3 is 10.2 Å². The number of anilines is 1. The molecule has 0 spiro atoms. The summed E-state index contributed by atoms with van der Waals surface area (Å²) in [6.07, 6.45) is 6.89. The van der Waals surface area contributed by atoms with Crippen molar-refractivity contribution >= 4 is 33.4 Å². The van der Waals surface area contributed by atoms with E-state index < -0.39 is 0 Å². The minimum absolute atomic E-state index is 0.00211.